The Morgan fingerprint density at radius 2 is 2.00 bits per heavy atom. The molecule has 27 heavy (non-hydrogen) atoms. The zero-order valence-electron chi connectivity index (χ0n) is 16.0. The summed E-state index contributed by atoms with van der Waals surface area (Å²) in [5.41, 5.74) is 2.41. The third-order valence-corrected chi connectivity index (χ3v) is 5.12. The lowest BCUT2D eigenvalue weighted by atomic mass is 9.93. The Morgan fingerprint density at radius 1 is 1.26 bits per heavy atom. The Labute approximate surface area is 159 Å². The number of amides is 1. The molecule has 0 radical (unpaired) electrons. The number of piperidine rings is 1. The Morgan fingerprint density at radius 3 is 2.67 bits per heavy atom. The van der Waals surface area contributed by atoms with Crippen molar-refractivity contribution in [1.82, 2.24) is 14.7 Å². The molecule has 0 bridgehead atoms. The number of carboxylic acids is 1. The van der Waals surface area contributed by atoms with Crippen molar-refractivity contribution in [3.05, 3.63) is 47.8 Å². The number of carbonyl (C=O) groups is 2. The van der Waals surface area contributed by atoms with Crippen molar-refractivity contribution in [2.24, 2.45) is 5.92 Å². The average Bonchev–Trinajstić information content (AvgIpc) is 3.12. The van der Waals surface area contributed by atoms with Gasteiger partial charge in [0, 0.05) is 25.2 Å². The highest BCUT2D eigenvalue weighted by Gasteiger charge is 2.27. The first kappa shape index (κ1) is 19.1. The van der Waals surface area contributed by atoms with Crippen LogP contribution in [-0.2, 0) is 4.79 Å². The summed E-state index contributed by atoms with van der Waals surface area (Å²) < 4.78 is 1.85. The predicted molar refractivity (Wildman–Crippen MR) is 103 cm³/mol. The van der Waals surface area contributed by atoms with Crippen LogP contribution in [0.4, 0.5) is 0 Å². The molecule has 1 aromatic heterocycles. The van der Waals surface area contributed by atoms with Crippen molar-refractivity contribution in [3.8, 4) is 5.69 Å². The van der Waals surface area contributed by atoms with Gasteiger partial charge in [-0.1, -0.05) is 32.0 Å². The topological polar surface area (TPSA) is 75.4 Å². The molecular weight excluding hydrogens is 342 g/mol. The van der Waals surface area contributed by atoms with Crippen molar-refractivity contribution in [2.75, 3.05) is 13.1 Å². The predicted octanol–water partition coefficient (Wildman–Crippen LogP) is 3.71. The number of carbonyl (C=O) groups excluding carboxylic acids is 1. The van der Waals surface area contributed by atoms with Gasteiger partial charge in [-0.25, -0.2) is 4.68 Å². The maximum Gasteiger partial charge on any atom is 0.303 e. The van der Waals surface area contributed by atoms with Gasteiger partial charge in [0.15, 0.2) is 5.69 Å². The third kappa shape index (κ3) is 4.56. The fourth-order valence-corrected chi connectivity index (χ4v) is 3.66. The van der Waals surface area contributed by atoms with Gasteiger partial charge < -0.3 is 10.0 Å². The number of aromatic nitrogens is 2. The molecule has 6 nitrogen and oxygen atoms in total. The first-order chi connectivity index (χ1) is 13.0. The van der Waals surface area contributed by atoms with E-state index in [-0.39, 0.29) is 24.2 Å². The molecule has 0 spiro atoms. The lowest BCUT2D eigenvalue weighted by Crippen LogP contribution is -2.40. The van der Waals surface area contributed by atoms with Crippen LogP contribution in [0.1, 0.15) is 61.6 Å². The summed E-state index contributed by atoms with van der Waals surface area (Å²) in [6, 6.07) is 11.7. The first-order valence-corrected chi connectivity index (χ1v) is 9.62. The minimum atomic E-state index is -0.776. The highest BCUT2D eigenvalue weighted by molar-refractivity contribution is 5.92. The van der Waals surface area contributed by atoms with Crippen LogP contribution in [0.15, 0.2) is 36.4 Å². The first-order valence-electron chi connectivity index (χ1n) is 9.62. The summed E-state index contributed by atoms with van der Waals surface area (Å²) in [4.78, 5) is 25.7. The van der Waals surface area contributed by atoms with Crippen LogP contribution in [0.25, 0.3) is 5.69 Å². The van der Waals surface area contributed by atoms with Crippen molar-refractivity contribution in [3.63, 3.8) is 0 Å². The van der Waals surface area contributed by atoms with Gasteiger partial charge in [0.2, 0.25) is 0 Å². The zero-order valence-corrected chi connectivity index (χ0v) is 16.0. The highest BCUT2D eigenvalue weighted by Crippen LogP contribution is 2.25. The molecule has 2 aromatic rings. The lowest BCUT2D eigenvalue weighted by molar-refractivity contribution is -0.137. The minimum Gasteiger partial charge on any atom is -0.481 e. The van der Waals surface area contributed by atoms with Crippen LogP contribution in [0.2, 0.25) is 0 Å². The van der Waals surface area contributed by atoms with Crippen LogP contribution in [-0.4, -0.2) is 44.8 Å². The van der Waals surface area contributed by atoms with Crippen LogP contribution in [0, 0.1) is 5.92 Å². The molecule has 1 unspecified atom stereocenters. The van der Waals surface area contributed by atoms with Gasteiger partial charge in [-0.15, -0.1) is 0 Å². The number of nitrogens with zero attached hydrogens (tertiary/aromatic N) is 3. The maximum absolute atomic E-state index is 13.0. The number of carboxylic acid groups (broad SMARTS) is 1. The van der Waals surface area contributed by atoms with E-state index in [1.165, 1.54) is 0 Å². The monoisotopic (exact) mass is 369 g/mol. The fourth-order valence-electron chi connectivity index (χ4n) is 3.66. The maximum atomic E-state index is 13.0. The van der Waals surface area contributed by atoms with Crippen molar-refractivity contribution in [1.29, 1.82) is 0 Å². The Balaban J connectivity index is 1.79. The number of aliphatic carboxylic acids is 1. The smallest absolute Gasteiger partial charge is 0.303 e. The number of likely N-dealkylation sites (tertiary alicyclic amines) is 1. The molecule has 1 atom stereocenters. The molecule has 1 aromatic carbocycles. The van der Waals surface area contributed by atoms with Crippen LogP contribution in [0.3, 0.4) is 0 Å². The number of hydrogen-bond acceptors (Lipinski definition) is 3. The van der Waals surface area contributed by atoms with E-state index in [0.717, 1.165) is 24.2 Å². The molecule has 1 aliphatic rings. The van der Waals surface area contributed by atoms with Gasteiger partial charge in [0.25, 0.3) is 5.91 Å². The summed E-state index contributed by atoms with van der Waals surface area (Å²) in [6.07, 6.45) is 2.67. The molecule has 0 aliphatic carbocycles. The summed E-state index contributed by atoms with van der Waals surface area (Å²) in [7, 11) is 0. The number of rotatable bonds is 6. The highest BCUT2D eigenvalue weighted by atomic mass is 16.4. The van der Waals surface area contributed by atoms with E-state index >= 15 is 0 Å². The van der Waals surface area contributed by atoms with E-state index in [1.54, 1.807) is 0 Å². The van der Waals surface area contributed by atoms with E-state index in [2.05, 4.69) is 18.9 Å². The second-order valence-electron chi connectivity index (χ2n) is 7.55. The average molecular weight is 369 g/mol. The zero-order chi connectivity index (χ0) is 19.4. The lowest BCUT2D eigenvalue weighted by Gasteiger charge is -2.32. The van der Waals surface area contributed by atoms with Crippen LogP contribution < -0.4 is 0 Å². The van der Waals surface area contributed by atoms with E-state index in [1.807, 2.05) is 46.0 Å². The Kier molecular flexibility index (Phi) is 5.94. The molecule has 3 rings (SSSR count). The molecule has 144 valence electrons. The number of benzene rings is 1. The molecule has 1 aliphatic heterocycles. The Hall–Kier alpha value is -2.63. The third-order valence-electron chi connectivity index (χ3n) is 5.12. The molecule has 1 N–H and O–H groups in total. The summed E-state index contributed by atoms with van der Waals surface area (Å²) >= 11 is 0. The van der Waals surface area contributed by atoms with Gasteiger partial charge in [-0.2, -0.15) is 5.10 Å². The van der Waals surface area contributed by atoms with Gasteiger partial charge >= 0.3 is 5.97 Å². The van der Waals surface area contributed by atoms with Gasteiger partial charge in [-0.05, 0) is 49.3 Å². The minimum absolute atomic E-state index is 0.0633. The van der Waals surface area contributed by atoms with E-state index in [9.17, 15) is 9.59 Å². The fraction of sp³-hybridized carbons (Fsp3) is 0.476. The van der Waals surface area contributed by atoms with Crippen molar-refractivity contribution in [2.45, 2.75) is 45.4 Å². The quantitative estimate of drug-likeness (QED) is 0.842. The summed E-state index contributed by atoms with van der Waals surface area (Å²) in [5, 5.41) is 13.5. The number of hydrogen-bond donors (Lipinski definition) is 1. The van der Waals surface area contributed by atoms with E-state index in [0.29, 0.717) is 25.2 Å². The molecule has 1 saturated heterocycles. The molecule has 6 heteroatoms. The van der Waals surface area contributed by atoms with Gasteiger partial charge in [0.05, 0.1) is 5.69 Å². The van der Waals surface area contributed by atoms with Crippen molar-refractivity contribution < 1.29 is 14.7 Å². The standard InChI is InChI=1S/C21H27N3O3/c1-15(2)19-13-18(22-24(19)17-8-4-3-5-9-17)21(27)23-12-6-7-16(14-23)10-11-20(25)26/h3-5,8-9,13,15-16H,6-7,10-12,14H2,1-2H3,(H,25,26). The second kappa shape index (κ2) is 8.37. The number of para-hydroxylation sites is 1. The van der Waals surface area contributed by atoms with E-state index < -0.39 is 5.97 Å². The van der Waals surface area contributed by atoms with Crippen LogP contribution >= 0.6 is 0 Å². The van der Waals surface area contributed by atoms with E-state index in [4.69, 9.17) is 5.11 Å². The summed E-state index contributed by atoms with van der Waals surface area (Å²) in [5.74, 6) is -0.350. The molecule has 2 heterocycles. The second-order valence-corrected chi connectivity index (χ2v) is 7.55. The molecular formula is C21H27N3O3. The SMILES string of the molecule is CC(C)c1cc(C(=O)N2CCCC(CCC(=O)O)C2)nn1-c1ccccc1. The Bertz CT molecular complexity index is 798. The largest absolute Gasteiger partial charge is 0.481 e. The van der Waals surface area contributed by atoms with Gasteiger partial charge in [0.1, 0.15) is 0 Å². The molecule has 0 saturated carbocycles. The van der Waals surface area contributed by atoms with Crippen molar-refractivity contribution >= 4 is 11.9 Å². The summed E-state index contributed by atoms with van der Waals surface area (Å²) in [6.45, 7) is 5.50. The van der Waals surface area contributed by atoms with Gasteiger partial charge in [-0.3, -0.25) is 9.59 Å². The normalized spacial score (nSPS) is 17.3. The van der Waals surface area contributed by atoms with Crippen LogP contribution in [0.5, 0.6) is 0 Å². The molecule has 1 fully saturated rings. The molecule has 1 amide bonds.